The number of rotatable bonds is 4. The number of anilines is 1. The molecule has 0 spiro atoms. The van der Waals surface area contributed by atoms with Gasteiger partial charge in [-0.3, -0.25) is 9.78 Å². The van der Waals surface area contributed by atoms with E-state index in [4.69, 9.17) is 4.74 Å². The van der Waals surface area contributed by atoms with Crippen molar-refractivity contribution in [3.63, 3.8) is 0 Å². The van der Waals surface area contributed by atoms with Crippen LogP contribution in [0.1, 0.15) is 12.5 Å². The Bertz CT molecular complexity index is 680. The molecule has 2 heterocycles. The third kappa shape index (κ3) is 2.60. The molecule has 0 unspecified atom stereocenters. The van der Waals surface area contributed by atoms with E-state index in [9.17, 15) is 4.79 Å². The van der Waals surface area contributed by atoms with Crippen LogP contribution >= 0.6 is 0 Å². The number of β-lactam (4-membered cyclic amide) rings is 1. The van der Waals surface area contributed by atoms with Crippen LogP contribution in [0.5, 0.6) is 5.75 Å². The molecule has 1 fully saturated rings. The lowest BCUT2D eigenvalue weighted by Gasteiger charge is -2.44. The van der Waals surface area contributed by atoms with Gasteiger partial charge < -0.3 is 9.64 Å². The molecule has 1 amide bonds. The summed E-state index contributed by atoms with van der Waals surface area (Å²) in [5, 5.41) is 0. The molecule has 1 aromatic carbocycles. The summed E-state index contributed by atoms with van der Waals surface area (Å²) in [6.45, 7) is 1.96. The highest BCUT2D eigenvalue weighted by Crippen LogP contribution is 2.34. The number of amides is 1. The van der Waals surface area contributed by atoms with Crippen molar-refractivity contribution in [2.24, 2.45) is 5.92 Å². The second-order valence-corrected chi connectivity index (χ2v) is 5.33. The summed E-state index contributed by atoms with van der Waals surface area (Å²) in [5.74, 6) is 0.924. The molecule has 4 nitrogen and oxygen atoms in total. The topological polar surface area (TPSA) is 42.4 Å². The number of benzene rings is 1. The van der Waals surface area contributed by atoms with Gasteiger partial charge in [-0.2, -0.15) is 0 Å². The minimum Gasteiger partial charge on any atom is -0.497 e. The molecule has 1 aliphatic rings. The second-order valence-electron chi connectivity index (χ2n) is 5.33. The first-order valence-corrected chi connectivity index (χ1v) is 7.26. The number of hydrogen-bond donors (Lipinski definition) is 0. The number of aromatic nitrogens is 1. The number of hydrogen-bond acceptors (Lipinski definition) is 3. The first kappa shape index (κ1) is 14.3. The zero-order valence-electron chi connectivity index (χ0n) is 12.6. The molecule has 22 heavy (non-hydrogen) atoms. The first-order chi connectivity index (χ1) is 10.7. The van der Waals surface area contributed by atoms with Crippen LogP contribution in [0.25, 0.3) is 6.08 Å². The minimum atomic E-state index is -0.00461. The van der Waals surface area contributed by atoms with Crippen molar-refractivity contribution < 1.29 is 9.53 Å². The van der Waals surface area contributed by atoms with Gasteiger partial charge in [-0.15, -0.1) is 0 Å². The van der Waals surface area contributed by atoms with E-state index < -0.39 is 0 Å². The molecule has 2 aromatic rings. The van der Waals surface area contributed by atoms with Crippen LogP contribution in [-0.2, 0) is 4.79 Å². The van der Waals surface area contributed by atoms with Crippen molar-refractivity contribution >= 4 is 17.7 Å². The van der Waals surface area contributed by atoms with Gasteiger partial charge in [0.15, 0.2) is 0 Å². The Kier molecular flexibility index (Phi) is 3.92. The van der Waals surface area contributed by atoms with E-state index in [1.54, 1.807) is 19.5 Å². The van der Waals surface area contributed by atoms with Crippen LogP contribution in [0.4, 0.5) is 5.69 Å². The number of carbonyl (C=O) groups excluding carboxylic acids is 1. The van der Waals surface area contributed by atoms with Crippen molar-refractivity contribution in [3.8, 4) is 5.75 Å². The van der Waals surface area contributed by atoms with E-state index >= 15 is 0 Å². The van der Waals surface area contributed by atoms with E-state index in [1.807, 2.05) is 54.3 Å². The average Bonchev–Trinajstić information content (AvgIpc) is 2.59. The summed E-state index contributed by atoms with van der Waals surface area (Å²) in [5.41, 5.74) is 1.92. The van der Waals surface area contributed by atoms with Crippen LogP contribution in [0, 0.1) is 5.92 Å². The maximum atomic E-state index is 12.2. The summed E-state index contributed by atoms with van der Waals surface area (Å²) in [7, 11) is 1.63. The predicted octanol–water partition coefficient (Wildman–Crippen LogP) is 3.15. The fourth-order valence-electron chi connectivity index (χ4n) is 2.63. The normalized spacial score (nSPS) is 21.0. The molecule has 0 N–H and O–H groups in total. The zero-order valence-corrected chi connectivity index (χ0v) is 12.6. The predicted molar refractivity (Wildman–Crippen MR) is 86.7 cm³/mol. The Morgan fingerprint density at radius 3 is 2.64 bits per heavy atom. The molecule has 0 saturated carbocycles. The number of ether oxygens (including phenoxy) is 1. The monoisotopic (exact) mass is 294 g/mol. The Morgan fingerprint density at radius 1 is 1.23 bits per heavy atom. The van der Waals surface area contributed by atoms with Gasteiger partial charge >= 0.3 is 0 Å². The first-order valence-electron chi connectivity index (χ1n) is 7.26. The summed E-state index contributed by atoms with van der Waals surface area (Å²) >= 11 is 0. The number of carbonyl (C=O) groups is 1. The van der Waals surface area contributed by atoms with E-state index in [-0.39, 0.29) is 17.9 Å². The SMILES string of the molecule is COc1ccc(N2C(=O)[C@@H](C)[C@H]2/C=C/c2cccnc2)cc1. The standard InChI is InChI=1S/C18H18N2O2/c1-13-17(10-5-14-4-3-11-19-12-14)20(18(13)21)15-6-8-16(22-2)9-7-15/h3-13,17H,1-2H3/b10-5+/t13-,17+/m0/s1. The van der Waals surface area contributed by atoms with Crippen LogP contribution < -0.4 is 9.64 Å². The lowest BCUT2D eigenvalue weighted by Crippen LogP contribution is -2.59. The molecule has 112 valence electrons. The molecular formula is C18H18N2O2. The fourth-order valence-corrected chi connectivity index (χ4v) is 2.63. The van der Waals surface area contributed by atoms with Crippen LogP contribution in [0.15, 0.2) is 54.9 Å². The van der Waals surface area contributed by atoms with Gasteiger partial charge in [0.1, 0.15) is 5.75 Å². The van der Waals surface area contributed by atoms with Crippen molar-refractivity contribution in [2.45, 2.75) is 13.0 Å². The summed E-state index contributed by atoms with van der Waals surface area (Å²) in [6, 6.07) is 11.5. The molecule has 0 aliphatic carbocycles. The zero-order chi connectivity index (χ0) is 15.5. The maximum absolute atomic E-state index is 12.2. The van der Waals surface area contributed by atoms with Crippen molar-refractivity contribution in [2.75, 3.05) is 12.0 Å². The van der Waals surface area contributed by atoms with Crippen molar-refractivity contribution in [3.05, 3.63) is 60.4 Å². The molecule has 0 radical (unpaired) electrons. The van der Waals surface area contributed by atoms with E-state index in [2.05, 4.69) is 11.1 Å². The Balaban J connectivity index is 1.80. The Labute approximate surface area is 130 Å². The van der Waals surface area contributed by atoms with Gasteiger partial charge in [-0.25, -0.2) is 0 Å². The number of pyridine rings is 1. The second kappa shape index (κ2) is 6.02. The smallest absolute Gasteiger partial charge is 0.232 e. The van der Waals surface area contributed by atoms with E-state index in [0.717, 1.165) is 17.0 Å². The van der Waals surface area contributed by atoms with Gasteiger partial charge in [-0.05, 0) is 35.9 Å². The highest BCUT2D eigenvalue weighted by molar-refractivity contribution is 6.03. The quantitative estimate of drug-likeness (QED) is 0.813. The van der Waals surface area contributed by atoms with Crippen LogP contribution in [0.3, 0.4) is 0 Å². The van der Waals surface area contributed by atoms with Crippen molar-refractivity contribution in [1.82, 2.24) is 4.98 Å². The van der Waals surface area contributed by atoms with Gasteiger partial charge in [0.2, 0.25) is 5.91 Å². The minimum absolute atomic E-state index is 0.00461. The summed E-state index contributed by atoms with van der Waals surface area (Å²) in [6.07, 6.45) is 7.63. The fraction of sp³-hybridized carbons (Fsp3) is 0.222. The largest absolute Gasteiger partial charge is 0.497 e. The highest BCUT2D eigenvalue weighted by atomic mass is 16.5. The lowest BCUT2D eigenvalue weighted by atomic mass is 9.87. The van der Waals surface area contributed by atoms with E-state index in [1.165, 1.54) is 0 Å². The van der Waals surface area contributed by atoms with Crippen LogP contribution in [-0.4, -0.2) is 24.0 Å². The molecule has 4 heteroatoms. The molecule has 1 saturated heterocycles. The molecule has 0 bridgehead atoms. The van der Waals surface area contributed by atoms with Gasteiger partial charge in [0.25, 0.3) is 0 Å². The average molecular weight is 294 g/mol. The summed E-state index contributed by atoms with van der Waals surface area (Å²) < 4.78 is 5.16. The summed E-state index contributed by atoms with van der Waals surface area (Å²) in [4.78, 5) is 18.1. The van der Waals surface area contributed by atoms with Crippen molar-refractivity contribution in [1.29, 1.82) is 0 Å². The van der Waals surface area contributed by atoms with E-state index in [0.29, 0.717) is 0 Å². The molecule has 1 aliphatic heterocycles. The van der Waals surface area contributed by atoms with Gasteiger partial charge in [-0.1, -0.05) is 25.1 Å². The number of nitrogens with zero attached hydrogens (tertiary/aromatic N) is 2. The Morgan fingerprint density at radius 2 is 2.00 bits per heavy atom. The molecule has 1 aromatic heterocycles. The van der Waals surface area contributed by atoms with Gasteiger partial charge in [0, 0.05) is 18.1 Å². The maximum Gasteiger partial charge on any atom is 0.232 e. The molecule has 2 atom stereocenters. The third-order valence-electron chi connectivity index (χ3n) is 3.96. The number of methoxy groups -OCH3 is 1. The lowest BCUT2D eigenvalue weighted by molar-refractivity contribution is -0.128. The molecular weight excluding hydrogens is 276 g/mol. The Hall–Kier alpha value is -2.62. The van der Waals surface area contributed by atoms with Gasteiger partial charge in [0.05, 0.1) is 19.1 Å². The third-order valence-corrected chi connectivity index (χ3v) is 3.96. The molecule has 3 rings (SSSR count). The highest BCUT2D eigenvalue weighted by Gasteiger charge is 2.43. The van der Waals surface area contributed by atoms with Crippen LogP contribution in [0.2, 0.25) is 0 Å².